The van der Waals surface area contributed by atoms with Gasteiger partial charge in [0.05, 0.1) is 17.0 Å². The van der Waals surface area contributed by atoms with Gasteiger partial charge in [-0.15, -0.1) is 0 Å². The van der Waals surface area contributed by atoms with Crippen LogP contribution in [0.15, 0.2) is 79.3 Å². The Kier molecular flexibility index (Phi) is 5.93. The lowest BCUT2D eigenvalue weighted by atomic mass is 9.88. The fraction of sp³-hybridized carbons (Fsp3) is 0.115. The number of ether oxygens (including phenoxy) is 1. The van der Waals surface area contributed by atoms with Gasteiger partial charge in [-0.25, -0.2) is 9.78 Å². The summed E-state index contributed by atoms with van der Waals surface area (Å²) >= 11 is 6.11. The van der Waals surface area contributed by atoms with Gasteiger partial charge in [-0.2, -0.15) is 0 Å². The Morgan fingerprint density at radius 1 is 1.12 bits per heavy atom. The van der Waals surface area contributed by atoms with Crippen LogP contribution < -0.4 is 0 Å². The van der Waals surface area contributed by atoms with Gasteiger partial charge in [0.25, 0.3) is 0 Å². The van der Waals surface area contributed by atoms with Crippen LogP contribution in [0, 0.1) is 6.92 Å². The number of benzene rings is 2. The van der Waals surface area contributed by atoms with Crippen LogP contribution in [-0.2, 0) is 9.53 Å². The number of aryl methyl sites for hydroxylation is 1. The van der Waals surface area contributed by atoms with Crippen molar-refractivity contribution in [2.24, 2.45) is 0 Å². The Labute approximate surface area is 191 Å². The number of carboxylic acids is 1. The Bertz CT molecular complexity index is 1320. The van der Waals surface area contributed by atoms with Crippen LogP contribution in [0.4, 0.5) is 0 Å². The summed E-state index contributed by atoms with van der Waals surface area (Å²) in [5.41, 5.74) is 5.32. The van der Waals surface area contributed by atoms with Crippen molar-refractivity contribution in [3.05, 3.63) is 95.5 Å². The highest BCUT2D eigenvalue weighted by molar-refractivity contribution is 6.30. The van der Waals surface area contributed by atoms with E-state index in [0.717, 1.165) is 38.9 Å². The molecule has 160 valence electrons. The minimum Gasteiger partial charge on any atom is -0.479 e. The number of fused-ring (bicyclic) bond motifs is 1. The molecule has 0 unspecified atom stereocenters. The van der Waals surface area contributed by atoms with Crippen LogP contribution in [0.5, 0.6) is 0 Å². The van der Waals surface area contributed by atoms with Crippen LogP contribution in [0.1, 0.15) is 24.2 Å². The largest absolute Gasteiger partial charge is 0.479 e. The molecule has 1 N–H and O–H groups in total. The van der Waals surface area contributed by atoms with Crippen LogP contribution in [-0.4, -0.2) is 21.0 Å². The molecule has 0 aliphatic rings. The van der Waals surface area contributed by atoms with Gasteiger partial charge in [-0.3, -0.25) is 4.98 Å². The fourth-order valence-electron chi connectivity index (χ4n) is 3.80. The van der Waals surface area contributed by atoms with Crippen molar-refractivity contribution in [2.75, 3.05) is 0 Å². The molecule has 0 saturated heterocycles. The highest BCUT2D eigenvalue weighted by Crippen LogP contribution is 2.40. The van der Waals surface area contributed by atoms with Crippen molar-refractivity contribution in [1.82, 2.24) is 9.97 Å². The van der Waals surface area contributed by atoms with E-state index >= 15 is 0 Å². The van der Waals surface area contributed by atoms with Crippen LogP contribution in [0.25, 0.3) is 33.3 Å². The van der Waals surface area contributed by atoms with Crippen molar-refractivity contribution >= 4 is 28.5 Å². The summed E-state index contributed by atoms with van der Waals surface area (Å²) < 4.78 is 5.66. The zero-order chi connectivity index (χ0) is 22.8. The van der Waals surface area contributed by atoms with Crippen molar-refractivity contribution in [3.63, 3.8) is 0 Å². The Hall–Kier alpha value is -3.70. The van der Waals surface area contributed by atoms with Gasteiger partial charge in [0.15, 0.2) is 0 Å². The van der Waals surface area contributed by atoms with E-state index in [2.05, 4.69) is 11.6 Å². The lowest BCUT2D eigenvalue weighted by molar-refractivity contribution is -0.148. The molecule has 0 radical (unpaired) electrons. The Balaban J connectivity index is 2.03. The first-order valence-electron chi connectivity index (χ1n) is 10.0. The normalized spacial score (nSPS) is 11.8. The minimum atomic E-state index is -1.21. The van der Waals surface area contributed by atoms with E-state index in [9.17, 15) is 9.90 Å². The molecule has 0 aliphatic carbocycles. The molecule has 2 heterocycles. The SMILES string of the molecule is C=C(C)O[C@H](C(=O)O)c1c(C)cc2nc(-c3cccnc3)ccc2c1-c1ccc(Cl)cc1. The molecule has 4 aromatic rings. The average Bonchev–Trinajstić information content (AvgIpc) is 2.77. The highest BCUT2D eigenvalue weighted by Gasteiger charge is 2.29. The third kappa shape index (κ3) is 4.20. The summed E-state index contributed by atoms with van der Waals surface area (Å²) in [4.78, 5) is 21.2. The predicted molar refractivity (Wildman–Crippen MR) is 126 cm³/mol. The molecule has 0 fully saturated rings. The molecule has 0 saturated carbocycles. The van der Waals surface area contributed by atoms with Crippen LogP contribution >= 0.6 is 11.6 Å². The first-order chi connectivity index (χ1) is 15.3. The zero-order valence-corrected chi connectivity index (χ0v) is 18.4. The molecule has 32 heavy (non-hydrogen) atoms. The van der Waals surface area contributed by atoms with Crippen LogP contribution in [0.2, 0.25) is 5.02 Å². The number of hydrogen-bond donors (Lipinski definition) is 1. The average molecular weight is 445 g/mol. The second kappa shape index (κ2) is 8.81. The van der Waals surface area contributed by atoms with E-state index in [0.29, 0.717) is 16.3 Å². The van der Waals surface area contributed by atoms with E-state index in [-0.39, 0.29) is 0 Å². The molecular formula is C26H21ClN2O3. The van der Waals surface area contributed by atoms with E-state index in [1.807, 2.05) is 49.4 Å². The molecule has 2 aromatic heterocycles. The number of halogens is 1. The van der Waals surface area contributed by atoms with E-state index in [1.165, 1.54) is 0 Å². The smallest absolute Gasteiger partial charge is 0.349 e. The lowest BCUT2D eigenvalue weighted by Crippen LogP contribution is -2.17. The summed E-state index contributed by atoms with van der Waals surface area (Å²) in [6.45, 7) is 7.23. The highest BCUT2D eigenvalue weighted by atomic mass is 35.5. The van der Waals surface area contributed by atoms with Gasteiger partial charge in [0.2, 0.25) is 6.10 Å². The Morgan fingerprint density at radius 3 is 2.50 bits per heavy atom. The third-order valence-electron chi connectivity index (χ3n) is 5.14. The number of carbonyl (C=O) groups is 1. The molecule has 0 amide bonds. The number of allylic oxidation sites excluding steroid dienone is 1. The number of nitrogens with zero attached hydrogens (tertiary/aromatic N) is 2. The standard InChI is InChI=1S/C26H21ClN2O3/c1-15(2)32-25(26(30)31)23-16(3)13-22-20(24(23)17-6-8-19(27)9-7-17)10-11-21(29-22)18-5-4-12-28-14-18/h4-14,25H,1H2,2-3H3,(H,30,31)/t25-/m0/s1. The van der Waals surface area contributed by atoms with E-state index in [1.54, 1.807) is 31.5 Å². The van der Waals surface area contributed by atoms with Crippen molar-refractivity contribution in [2.45, 2.75) is 20.0 Å². The van der Waals surface area contributed by atoms with Gasteiger partial charge in [0, 0.05) is 33.9 Å². The maximum Gasteiger partial charge on any atom is 0.349 e. The quantitative estimate of drug-likeness (QED) is 0.339. The molecule has 4 rings (SSSR count). The summed E-state index contributed by atoms with van der Waals surface area (Å²) in [5.74, 6) is -0.769. The number of aromatic nitrogens is 2. The topological polar surface area (TPSA) is 72.3 Å². The maximum absolute atomic E-state index is 12.2. The van der Waals surface area contributed by atoms with Gasteiger partial charge in [-0.1, -0.05) is 36.4 Å². The predicted octanol–water partition coefficient (Wildman–Crippen LogP) is 6.60. The van der Waals surface area contributed by atoms with E-state index in [4.69, 9.17) is 21.3 Å². The molecule has 0 bridgehead atoms. The maximum atomic E-state index is 12.2. The van der Waals surface area contributed by atoms with Gasteiger partial charge in [-0.05, 0) is 66.9 Å². The number of pyridine rings is 2. The third-order valence-corrected chi connectivity index (χ3v) is 5.39. The number of hydrogen-bond acceptors (Lipinski definition) is 4. The first-order valence-corrected chi connectivity index (χ1v) is 10.4. The minimum absolute atomic E-state index is 0.323. The summed E-state index contributed by atoms with van der Waals surface area (Å²) in [5, 5.41) is 11.4. The van der Waals surface area contributed by atoms with Crippen molar-refractivity contribution in [1.29, 1.82) is 0 Å². The van der Waals surface area contributed by atoms with Crippen LogP contribution in [0.3, 0.4) is 0 Å². The van der Waals surface area contributed by atoms with Gasteiger partial charge >= 0.3 is 5.97 Å². The molecule has 6 heteroatoms. The molecular weight excluding hydrogens is 424 g/mol. The lowest BCUT2D eigenvalue weighted by Gasteiger charge is -2.23. The number of carboxylic acid groups (broad SMARTS) is 1. The number of aliphatic carboxylic acids is 1. The summed E-state index contributed by atoms with van der Waals surface area (Å²) in [6, 6.07) is 16.9. The van der Waals surface area contributed by atoms with E-state index < -0.39 is 12.1 Å². The second-order valence-electron chi connectivity index (χ2n) is 7.53. The molecule has 2 aromatic carbocycles. The molecule has 5 nitrogen and oxygen atoms in total. The number of rotatable bonds is 6. The summed E-state index contributed by atoms with van der Waals surface area (Å²) in [6.07, 6.45) is 2.27. The second-order valence-corrected chi connectivity index (χ2v) is 7.97. The molecule has 1 atom stereocenters. The van der Waals surface area contributed by atoms with Gasteiger partial charge < -0.3 is 9.84 Å². The van der Waals surface area contributed by atoms with Gasteiger partial charge in [0.1, 0.15) is 0 Å². The Morgan fingerprint density at radius 2 is 1.88 bits per heavy atom. The molecule has 0 spiro atoms. The van der Waals surface area contributed by atoms with Crippen molar-refractivity contribution < 1.29 is 14.6 Å². The van der Waals surface area contributed by atoms with Crippen molar-refractivity contribution in [3.8, 4) is 22.4 Å². The summed E-state index contributed by atoms with van der Waals surface area (Å²) in [7, 11) is 0. The zero-order valence-electron chi connectivity index (χ0n) is 17.7. The first kappa shape index (κ1) is 21.5. The molecule has 0 aliphatic heterocycles. The monoisotopic (exact) mass is 444 g/mol. The fourth-order valence-corrected chi connectivity index (χ4v) is 3.92.